The van der Waals surface area contributed by atoms with Gasteiger partial charge in [0.15, 0.2) is 0 Å². The van der Waals surface area contributed by atoms with Crippen molar-refractivity contribution in [3.63, 3.8) is 0 Å². The van der Waals surface area contributed by atoms with Crippen LogP contribution in [0.4, 0.5) is 0 Å². The molecule has 0 aliphatic carbocycles. The molecule has 0 radical (unpaired) electrons. The molecule has 98 valence electrons. The monoisotopic (exact) mass is 263 g/mol. The minimum absolute atomic E-state index is 0.573. The molecule has 0 aliphatic heterocycles. The third-order valence-corrected chi connectivity index (χ3v) is 3.54. The number of thiol groups is 1. The molecule has 1 rings (SSSR count). The van der Waals surface area contributed by atoms with E-state index in [-0.39, 0.29) is 0 Å². The van der Waals surface area contributed by atoms with E-state index >= 15 is 0 Å². The van der Waals surface area contributed by atoms with Crippen LogP contribution in [0, 0.1) is 17.2 Å². The molecule has 1 heterocycles. The van der Waals surface area contributed by atoms with Crippen LogP contribution in [-0.2, 0) is 6.54 Å². The van der Waals surface area contributed by atoms with Gasteiger partial charge in [0, 0.05) is 38.4 Å². The van der Waals surface area contributed by atoms with E-state index in [1.165, 1.54) is 5.56 Å². The molecule has 0 aromatic carbocycles. The first kappa shape index (κ1) is 15.0. The number of rotatable bonds is 8. The molecular formula is C14H21N3S. The van der Waals surface area contributed by atoms with Crippen molar-refractivity contribution in [2.45, 2.75) is 26.3 Å². The Bertz CT molecular complexity index is 357. The second kappa shape index (κ2) is 8.96. The van der Waals surface area contributed by atoms with Gasteiger partial charge in [0.25, 0.3) is 0 Å². The van der Waals surface area contributed by atoms with Crippen LogP contribution in [0.5, 0.6) is 0 Å². The number of aromatic nitrogens is 1. The molecule has 1 unspecified atom stereocenters. The lowest BCUT2D eigenvalue weighted by atomic mass is 10.1. The van der Waals surface area contributed by atoms with E-state index in [2.05, 4.69) is 41.6 Å². The second-order valence-electron chi connectivity index (χ2n) is 4.46. The largest absolute Gasteiger partial charge is 0.298 e. The highest BCUT2D eigenvalue weighted by molar-refractivity contribution is 7.80. The van der Waals surface area contributed by atoms with Crippen molar-refractivity contribution >= 4 is 12.6 Å². The third-order valence-electron chi connectivity index (χ3n) is 3.02. The standard InChI is InChI=1S/C14H21N3S/c1-2-13(12-18)10-17(8-4-6-15)11-14-5-3-7-16-9-14/h3,5,7,9,13,18H,2,4,8,10-12H2,1H3. The molecule has 1 aromatic rings. The average Bonchev–Trinajstić information content (AvgIpc) is 2.42. The number of hydrogen-bond donors (Lipinski definition) is 1. The van der Waals surface area contributed by atoms with Crippen molar-refractivity contribution in [2.75, 3.05) is 18.8 Å². The fourth-order valence-electron chi connectivity index (χ4n) is 1.87. The Morgan fingerprint density at radius 3 is 2.94 bits per heavy atom. The summed E-state index contributed by atoms with van der Waals surface area (Å²) >= 11 is 4.38. The zero-order chi connectivity index (χ0) is 13.2. The molecule has 18 heavy (non-hydrogen) atoms. The SMILES string of the molecule is CCC(CS)CN(CCC#N)Cc1cccnc1. The maximum absolute atomic E-state index is 8.73. The van der Waals surface area contributed by atoms with Gasteiger partial charge in [-0.2, -0.15) is 17.9 Å². The van der Waals surface area contributed by atoms with Crippen molar-refractivity contribution < 1.29 is 0 Å². The van der Waals surface area contributed by atoms with Gasteiger partial charge in [-0.25, -0.2) is 0 Å². The third kappa shape index (κ3) is 5.52. The molecule has 0 bridgehead atoms. The topological polar surface area (TPSA) is 39.9 Å². The minimum atomic E-state index is 0.573. The zero-order valence-corrected chi connectivity index (χ0v) is 11.8. The van der Waals surface area contributed by atoms with Crippen LogP contribution in [0.2, 0.25) is 0 Å². The normalized spacial score (nSPS) is 12.3. The fraction of sp³-hybridized carbons (Fsp3) is 0.571. The summed E-state index contributed by atoms with van der Waals surface area (Å²) in [5.74, 6) is 1.48. The smallest absolute Gasteiger partial charge is 0.0635 e. The van der Waals surface area contributed by atoms with E-state index in [0.717, 1.165) is 31.8 Å². The molecule has 3 nitrogen and oxygen atoms in total. The number of pyridine rings is 1. The Hall–Kier alpha value is -1.05. The van der Waals surface area contributed by atoms with E-state index in [0.29, 0.717) is 12.3 Å². The first-order chi connectivity index (χ1) is 8.80. The Balaban J connectivity index is 2.57. The zero-order valence-electron chi connectivity index (χ0n) is 10.9. The van der Waals surface area contributed by atoms with Crippen LogP contribution in [0.3, 0.4) is 0 Å². The highest BCUT2D eigenvalue weighted by Crippen LogP contribution is 2.11. The van der Waals surface area contributed by atoms with Crippen molar-refractivity contribution in [2.24, 2.45) is 5.92 Å². The maximum atomic E-state index is 8.73. The first-order valence-corrected chi connectivity index (χ1v) is 7.02. The second-order valence-corrected chi connectivity index (χ2v) is 4.83. The van der Waals surface area contributed by atoms with Gasteiger partial charge < -0.3 is 0 Å². The van der Waals surface area contributed by atoms with Crippen molar-refractivity contribution in [3.05, 3.63) is 30.1 Å². The molecule has 1 aromatic heterocycles. The predicted molar refractivity (Wildman–Crippen MR) is 77.4 cm³/mol. The van der Waals surface area contributed by atoms with Crippen LogP contribution in [0.15, 0.2) is 24.5 Å². The molecule has 0 fully saturated rings. The van der Waals surface area contributed by atoms with Crippen LogP contribution < -0.4 is 0 Å². The quantitative estimate of drug-likeness (QED) is 0.733. The summed E-state index contributed by atoms with van der Waals surface area (Å²) in [7, 11) is 0. The summed E-state index contributed by atoms with van der Waals surface area (Å²) in [6.07, 6.45) is 5.37. The number of nitrogens with zero attached hydrogens (tertiary/aromatic N) is 3. The first-order valence-electron chi connectivity index (χ1n) is 6.39. The highest BCUT2D eigenvalue weighted by atomic mass is 32.1. The van der Waals surface area contributed by atoms with Crippen molar-refractivity contribution in [3.8, 4) is 6.07 Å². The van der Waals surface area contributed by atoms with E-state index in [1.807, 2.05) is 12.3 Å². The summed E-state index contributed by atoms with van der Waals surface area (Å²) < 4.78 is 0. The van der Waals surface area contributed by atoms with Gasteiger partial charge in [-0.15, -0.1) is 0 Å². The minimum Gasteiger partial charge on any atom is -0.298 e. The summed E-state index contributed by atoms with van der Waals surface area (Å²) in [5.41, 5.74) is 1.20. The molecule has 0 spiro atoms. The number of nitriles is 1. The van der Waals surface area contributed by atoms with Crippen LogP contribution in [0.1, 0.15) is 25.3 Å². The highest BCUT2D eigenvalue weighted by Gasteiger charge is 2.12. The predicted octanol–water partition coefficient (Wildman–Crippen LogP) is 2.75. The van der Waals surface area contributed by atoms with E-state index in [1.54, 1.807) is 6.20 Å². The van der Waals surface area contributed by atoms with Gasteiger partial charge in [-0.3, -0.25) is 9.88 Å². The van der Waals surface area contributed by atoms with Gasteiger partial charge in [0.05, 0.1) is 6.07 Å². The van der Waals surface area contributed by atoms with Crippen molar-refractivity contribution in [1.29, 1.82) is 5.26 Å². The van der Waals surface area contributed by atoms with E-state index in [4.69, 9.17) is 5.26 Å². The Labute approximate surface area is 115 Å². The van der Waals surface area contributed by atoms with E-state index < -0.39 is 0 Å². The molecular weight excluding hydrogens is 242 g/mol. The molecule has 0 saturated heterocycles. The van der Waals surface area contributed by atoms with Crippen LogP contribution in [-0.4, -0.2) is 28.7 Å². The van der Waals surface area contributed by atoms with Gasteiger partial charge in [-0.05, 0) is 23.3 Å². The summed E-state index contributed by atoms with van der Waals surface area (Å²) in [4.78, 5) is 6.45. The Morgan fingerprint density at radius 1 is 1.56 bits per heavy atom. The van der Waals surface area contributed by atoms with Crippen molar-refractivity contribution in [1.82, 2.24) is 9.88 Å². The lowest BCUT2D eigenvalue weighted by molar-refractivity contribution is 0.233. The molecule has 0 aliphatic rings. The molecule has 0 N–H and O–H groups in total. The van der Waals surface area contributed by atoms with Gasteiger partial charge >= 0.3 is 0 Å². The van der Waals surface area contributed by atoms with E-state index in [9.17, 15) is 0 Å². The summed E-state index contributed by atoms with van der Waals surface area (Å²) in [6, 6.07) is 6.25. The van der Waals surface area contributed by atoms with Gasteiger partial charge in [-0.1, -0.05) is 19.4 Å². The number of hydrogen-bond acceptors (Lipinski definition) is 4. The Morgan fingerprint density at radius 2 is 2.39 bits per heavy atom. The average molecular weight is 263 g/mol. The Kier molecular flexibility index (Phi) is 7.47. The molecule has 0 saturated carbocycles. The lowest BCUT2D eigenvalue weighted by Crippen LogP contribution is -2.30. The van der Waals surface area contributed by atoms with Gasteiger partial charge in [0.2, 0.25) is 0 Å². The lowest BCUT2D eigenvalue weighted by Gasteiger charge is -2.25. The maximum Gasteiger partial charge on any atom is 0.0635 e. The summed E-state index contributed by atoms with van der Waals surface area (Å²) in [6.45, 7) is 4.86. The van der Waals surface area contributed by atoms with Crippen LogP contribution >= 0.6 is 12.6 Å². The summed E-state index contributed by atoms with van der Waals surface area (Å²) in [5, 5.41) is 8.73. The fourth-order valence-corrected chi connectivity index (χ4v) is 2.25. The van der Waals surface area contributed by atoms with Gasteiger partial charge in [0.1, 0.15) is 0 Å². The molecule has 0 amide bonds. The molecule has 4 heteroatoms. The van der Waals surface area contributed by atoms with Crippen LogP contribution in [0.25, 0.3) is 0 Å². The molecule has 1 atom stereocenters.